The second kappa shape index (κ2) is 6.75. The molecule has 3 rings (SSSR count). The van der Waals surface area contributed by atoms with E-state index in [4.69, 9.17) is 4.74 Å². The predicted octanol–water partition coefficient (Wildman–Crippen LogP) is 1.72. The van der Waals surface area contributed by atoms with Crippen molar-refractivity contribution in [1.82, 2.24) is 20.6 Å². The molecule has 0 radical (unpaired) electrons. The van der Waals surface area contributed by atoms with Gasteiger partial charge in [-0.2, -0.15) is 0 Å². The summed E-state index contributed by atoms with van der Waals surface area (Å²) in [5, 5.41) is 6.11. The summed E-state index contributed by atoms with van der Waals surface area (Å²) < 4.78 is 5.67. The lowest BCUT2D eigenvalue weighted by atomic mass is 10.1. The molecule has 23 heavy (non-hydrogen) atoms. The van der Waals surface area contributed by atoms with Crippen LogP contribution in [0.3, 0.4) is 0 Å². The number of fused-ring (bicyclic) bond motifs is 1. The summed E-state index contributed by atoms with van der Waals surface area (Å²) in [5.74, 6) is 0.734. The molecule has 2 aromatic rings. The van der Waals surface area contributed by atoms with Gasteiger partial charge in [-0.1, -0.05) is 12.1 Å². The molecular weight excluding hydrogens is 292 g/mol. The van der Waals surface area contributed by atoms with Gasteiger partial charge in [0, 0.05) is 24.8 Å². The number of hydrogen-bond donors (Lipinski definition) is 2. The third-order valence-electron chi connectivity index (χ3n) is 3.61. The van der Waals surface area contributed by atoms with Crippen molar-refractivity contribution < 1.29 is 9.53 Å². The Morgan fingerprint density at radius 2 is 2.35 bits per heavy atom. The van der Waals surface area contributed by atoms with Crippen LogP contribution in [-0.4, -0.2) is 22.0 Å². The quantitative estimate of drug-likeness (QED) is 0.879. The molecule has 1 atom stereocenters. The highest BCUT2D eigenvalue weighted by Gasteiger charge is 2.28. The van der Waals surface area contributed by atoms with Crippen LogP contribution in [0.4, 0.5) is 0 Å². The molecule has 0 spiro atoms. The second-order valence-corrected chi connectivity index (χ2v) is 5.77. The van der Waals surface area contributed by atoms with E-state index in [0.29, 0.717) is 13.1 Å². The third-order valence-corrected chi connectivity index (χ3v) is 3.61. The first-order valence-corrected chi connectivity index (χ1v) is 7.69. The summed E-state index contributed by atoms with van der Waals surface area (Å²) in [5.41, 5.74) is 2.73. The topological polar surface area (TPSA) is 76.1 Å². The largest absolute Gasteiger partial charge is 0.491 e. The van der Waals surface area contributed by atoms with Crippen LogP contribution in [0.2, 0.25) is 0 Å². The number of carbonyl (C=O) groups is 1. The van der Waals surface area contributed by atoms with Crippen molar-refractivity contribution in [1.29, 1.82) is 0 Å². The number of hydrogen-bond acceptors (Lipinski definition) is 5. The number of benzene rings is 1. The van der Waals surface area contributed by atoms with E-state index in [0.717, 1.165) is 22.6 Å². The molecule has 6 nitrogen and oxygen atoms in total. The van der Waals surface area contributed by atoms with Crippen LogP contribution in [0.5, 0.6) is 5.75 Å². The van der Waals surface area contributed by atoms with E-state index in [1.54, 1.807) is 6.20 Å². The number of nitrogens with zero attached hydrogens (tertiary/aromatic N) is 2. The maximum Gasteiger partial charge on any atom is 0.242 e. The molecule has 120 valence electrons. The van der Waals surface area contributed by atoms with E-state index in [9.17, 15) is 4.79 Å². The van der Waals surface area contributed by atoms with E-state index in [-0.39, 0.29) is 18.1 Å². The minimum Gasteiger partial charge on any atom is -0.491 e. The number of rotatable bonds is 5. The van der Waals surface area contributed by atoms with E-state index in [1.165, 1.54) is 6.33 Å². The summed E-state index contributed by atoms with van der Waals surface area (Å²) in [6.07, 6.45) is 3.32. The second-order valence-electron chi connectivity index (χ2n) is 5.77. The van der Waals surface area contributed by atoms with Gasteiger partial charge in [0.25, 0.3) is 0 Å². The molecule has 1 unspecified atom stereocenters. The fourth-order valence-electron chi connectivity index (χ4n) is 2.59. The van der Waals surface area contributed by atoms with Crippen LogP contribution in [0.25, 0.3) is 0 Å². The van der Waals surface area contributed by atoms with Crippen molar-refractivity contribution in [3.8, 4) is 5.75 Å². The Labute approximate surface area is 135 Å². The van der Waals surface area contributed by atoms with E-state index in [1.807, 2.05) is 38.1 Å². The smallest absolute Gasteiger partial charge is 0.242 e. The summed E-state index contributed by atoms with van der Waals surface area (Å²) in [6.45, 7) is 5.02. The van der Waals surface area contributed by atoms with Gasteiger partial charge in [-0.15, -0.1) is 0 Å². The standard InChI is InChI=1S/C17H20N4O2/c1-11(2)23-13-5-3-4-12(6-13)7-20-17(22)16-14-8-18-10-21-15(14)9-19-16/h3-6,8,10-11,16,19H,7,9H2,1-2H3,(H,20,22). The summed E-state index contributed by atoms with van der Waals surface area (Å²) >= 11 is 0. The van der Waals surface area contributed by atoms with Crippen molar-refractivity contribution in [2.24, 2.45) is 0 Å². The minimum atomic E-state index is -0.388. The van der Waals surface area contributed by atoms with Crippen LogP contribution < -0.4 is 15.4 Å². The fourth-order valence-corrected chi connectivity index (χ4v) is 2.59. The first kappa shape index (κ1) is 15.4. The first-order chi connectivity index (χ1) is 11.1. The molecule has 1 aliphatic rings. The van der Waals surface area contributed by atoms with Gasteiger partial charge in [-0.3, -0.25) is 10.1 Å². The molecule has 1 aromatic carbocycles. The van der Waals surface area contributed by atoms with Crippen molar-refractivity contribution in [2.45, 2.75) is 39.1 Å². The molecule has 1 aliphatic heterocycles. The molecule has 0 aliphatic carbocycles. The van der Waals surface area contributed by atoms with Gasteiger partial charge in [-0.05, 0) is 31.5 Å². The zero-order valence-corrected chi connectivity index (χ0v) is 13.2. The Morgan fingerprint density at radius 3 is 3.17 bits per heavy atom. The first-order valence-electron chi connectivity index (χ1n) is 7.69. The van der Waals surface area contributed by atoms with Gasteiger partial charge in [-0.25, -0.2) is 9.97 Å². The molecule has 6 heteroatoms. The third kappa shape index (κ3) is 3.65. The van der Waals surface area contributed by atoms with Gasteiger partial charge in [0.2, 0.25) is 5.91 Å². The molecule has 2 heterocycles. The monoisotopic (exact) mass is 312 g/mol. The SMILES string of the molecule is CC(C)Oc1cccc(CNC(=O)C2NCc3ncncc32)c1. The van der Waals surface area contributed by atoms with Crippen molar-refractivity contribution in [3.63, 3.8) is 0 Å². The molecule has 0 saturated carbocycles. The van der Waals surface area contributed by atoms with E-state index in [2.05, 4.69) is 20.6 Å². The highest BCUT2D eigenvalue weighted by molar-refractivity contribution is 5.84. The summed E-state index contributed by atoms with van der Waals surface area (Å²) in [7, 11) is 0. The maximum absolute atomic E-state index is 12.4. The number of carbonyl (C=O) groups excluding carboxylic acids is 1. The van der Waals surface area contributed by atoms with Gasteiger partial charge < -0.3 is 10.1 Å². The summed E-state index contributed by atoms with van der Waals surface area (Å²) in [6, 6.07) is 7.36. The van der Waals surface area contributed by atoms with Crippen LogP contribution in [0.1, 0.15) is 36.7 Å². The number of ether oxygens (including phenoxy) is 1. The maximum atomic E-state index is 12.4. The highest BCUT2D eigenvalue weighted by atomic mass is 16.5. The molecule has 0 fully saturated rings. The van der Waals surface area contributed by atoms with E-state index < -0.39 is 0 Å². The Bertz CT molecular complexity index is 702. The Hall–Kier alpha value is -2.47. The average molecular weight is 312 g/mol. The van der Waals surface area contributed by atoms with Crippen LogP contribution in [-0.2, 0) is 17.9 Å². The molecular formula is C17H20N4O2. The normalized spacial score (nSPS) is 16.2. The molecule has 2 N–H and O–H groups in total. The molecule has 1 amide bonds. The Balaban J connectivity index is 1.62. The highest BCUT2D eigenvalue weighted by Crippen LogP contribution is 2.22. The predicted molar refractivity (Wildman–Crippen MR) is 85.7 cm³/mol. The van der Waals surface area contributed by atoms with Gasteiger partial charge in [0.05, 0.1) is 11.8 Å². The van der Waals surface area contributed by atoms with Gasteiger partial charge >= 0.3 is 0 Å². The van der Waals surface area contributed by atoms with Crippen LogP contribution in [0.15, 0.2) is 36.8 Å². The zero-order chi connectivity index (χ0) is 16.2. The molecule has 0 saturated heterocycles. The summed E-state index contributed by atoms with van der Waals surface area (Å²) in [4.78, 5) is 20.6. The van der Waals surface area contributed by atoms with Gasteiger partial charge in [0.1, 0.15) is 18.1 Å². The van der Waals surface area contributed by atoms with E-state index >= 15 is 0 Å². The lowest BCUT2D eigenvalue weighted by Gasteiger charge is -2.14. The fraction of sp³-hybridized carbons (Fsp3) is 0.353. The van der Waals surface area contributed by atoms with Gasteiger partial charge in [0.15, 0.2) is 0 Å². The average Bonchev–Trinajstić information content (AvgIpc) is 2.96. The van der Waals surface area contributed by atoms with Crippen LogP contribution >= 0.6 is 0 Å². The Morgan fingerprint density at radius 1 is 1.48 bits per heavy atom. The minimum absolute atomic E-state index is 0.0752. The number of nitrogens with one attached hydrogen (secondary N) is 2. The van der Waals surface area contributed by atoms with Crippen molar-refractivity contribution >= 4 is 5.91 Å². The van der Waals surface area contributed by atoms with Crippen molar-refractivity contribution in [2.75, 3.05) is 0 Å². The van der Waals surface area contributed by atoms with Crippen molar-refractivity contribution in [3.05, 3.63) is 53.6 Å². The Kier molecular flexibility index (Phi) is 4.52. The lowest BCUT2D eigenvalue weighted by molar-refractivity contribution is -0.123. The van der Waals surface area contributed by atoms with Crippen LogP contribution in [0, 0.1) is 0 Å². The molecule has 1 aromatic heterocycles. The lowest BCUT2D eigenvalue weighted by Crippen LogP contribution is -2.33. The number of amides is 1. The molecule has 0 bridgehead atoms. The number of aromatic nitrogens is 2. The zero-order valence-electron chi connectivity index (χ0n) is 13.2.